The highest BCUT2D eigenvalue weighted by atomic mass is 16.7. The van der Waals surface area contributed by atoms with E-state index < -0.39 is 12.3 Å². The third-order valence-electron chi connectivity index (χ3n) is 6.59. The van der Waals surface area contributed by atoms with E-state index in [4.69, 9.17) is 14.6 Å². The van der Waals surface area contributed by atoms with Crippen LogP contribution in [-0.4, -0.2) is 53.2 Å². The molecular formula is C29H38N2O6. The Labute approximate surface area is 218 Å². The Morgan fingerprint density at radius 1 is 1.03 bits per heavy atom. The maximum Gasteiger partial charge on any atom is 0.303 e. The molecule has 1 saturated heterocycles. The van der Waals surface area contributed by atoms with Gasteiger partial charge in [-0.2, -0.15) is 0 Å². The van der Waals surface area contributed by atoms with E-state index in [9.17, 15) is 14.7 Å². The Kier molecular flexibility index (Phi) is 10.8. The molecule has 1 heterocycles. The summed E-state index contributed by atoms with van der Waals surface area (Å²) in [6.45, 7) is 7.81. The molecule has 0 spiro atoms. The molecule has 0 bridgehead atoms. The van der Waals surface area contributed by atoms with E-state index in [-0.39, 0.29) is 43.5 Å². The summed E-state index contributed by atoms with van der Waals surface area (Å²) in [4.78, 5) is 24.7. The average molecular weight is 511 g/mol. The lowest BCUT2D eigenvalue weighted by Gasteiger charge is -2.42. The molecule has 1 amide bonds. The predicted molar refractivity (Wildman–Crippen MR) is 140 cm³/mol. The summed E-state index contributed by atoms with van der Waals surface area (Å²) in [6, 6.07) is 15.6. The SMILES string of the molecule is C=CCN(C)C[C@@H]1O[C@H](c2ccc(CNC(=O)CCCC(=O)O)cc2)O[C@H](c2ccc(CO)cc2)[C@@H]1C. The number of rotatable bonds is 13. The number of likely N-dealkylation sites (N-methyl/N-ethyl adjacent to an activating group) is 1. The molecule has 1 fully saturated rings. The van der Waals surface area contributed by atoms with Gasteiger partial charge < -0.3 is 29.9 Å². The number of carboxylic acids is 1. The van der Waals surface area contributed by atoms with Gasteiger partial charge in [-0.3, -0.25) is 9.59 Å². The summed E-state index contributed by atoms with van der Waals surface area (Å²) in [5, 5.41) is 20.9. The second-order valence-corrected chi connectivity index (χ2v) is 9.60. The Hall–Kier alpha value is -3.04. The number of carboxylic acid groups (broad SMARTS) is 1. The zero-order chi connectivity index (χ0) is 26.8. The summed E-state index contributed by atoms with van der Waals surface area (Å²) in [5.41, 5.74) is 3.71. The molecule has 0 aromatic heterocycles. The van der Waals surface area contributed by atoms with Crippen LogP contribution in [0.4, 0.5) is 0 Å². The van der Waals surface area contributed by atoms with Gasteiger partial charge in [-0.05, 0) is 30.2 Å². The van der Waals surface area contributed by atoms with Crippen molar-refractivity contribution in [1.29, 1.82) is 0 Å². The highest BCUT2D eigenvalue weighted by molar-refractivity contribution is 5.76. The van der Waals surface area contributed by atoms with Gasteiger partial charge >= 0.3 is 5.97 Å². The van der Waals surface area contributed by atoms with Gasteiger partial charge in [0.1, 0.15) is 0 Å². The minimum atomic E-state index is -0.899. The predicted octanol–water partition coefficient (Wildman–Crippen LogP) is 3.96. The summed E-state index contributed by atoms with van der Waals surface area (Å²) >= 11 is 0. The van der Waals surface area contributed by atoms with Crippen molar-refractivity contribution in [2.45, 2.75) is 57.8 Å². The van der Waals surface area contributed by atoms with Crippen molar-refractivity contribution in [1.82, 2.24) is 10.2 Å². The lowest BCUT2D eigenvalue weighted by atomic mass is 9.90. The molecule has 0 saturated carbocycles. The minimum Gasteiger partial charge on any atom is -0.481 e. The van der Waals surface area contributed by atoms with Crippen LogP contribution < -0.4 is 5.32 Å². The largest absolute Gasteiger partial charge is 0.481 e. The number of ether oxygens (including phenoxy) is 2. The smallest absolute Gasteiger partial charge is 0.303 e. The summed E-state index contributed by atoms with van der Waals surface area (Å²) in [5.74, 6) is -0.970. The lowest BCUT2D eigenvalue weighted by molar-refractivity contribution is -0.275. The Balaban J connectivity index is 1.70. The first-order valence-corrected chi connectivity index (χ1v) is 12.7. The maximum atomic E-state index is 12.0. The highest BCUT2D eigenvalue weighted by Gasteiger charge is 2.38. The molecule has 2 aromatic carbocycles. The van der Waals surface area contributed by atoms with Crippen molar-refractivity contribution in [3.8, 4) is 0 Å². The standard InChI is InChI=1S/C29H38N2O6/c1-4-16-31(3)18-25-20(2)28(23-12-10-22(19-32)11-13-23)37-29(36-25)24-14-8-21(9-15-24)17-30-26(33)6-5-7-27(34)35/h4,8-15,20,25,28-29,32H,1,5-7,16-19H2,2-3H3,(H,30,33)(H,34,35)/t20-,25+,28+,29+/m1/s1. The van der Waals surface area contributed by atoms with Gasteiger partial charge in [0, 0.05) is 44.0 Å². The molecule has 8 heteroatoms. The summed E-state index contributed by atoms with van der Waals surface area (Å²) in [7, 11) is 2.04. The number of nitrogens with one attached hydrogen (secondary N) is 1. The molecule has 2 aromatic rings. The van der Waals surface area contributed by atoms with Crippen molar-refractivity contribution < 1.29 is 29.3 Å². The van der Waals surface area contributed by atoms with Crippen LogP contribution in [-0.2, 0) is 32.2 Å². The normalized spacial score (nSPS) is 21.5. The number of carbonyl (C=O) groups excluding carboxylic acids is 1. The van der Waals surface area contributed by atoms with Gasteiger partial charge in [-0.25, -0.2) is 0 Å². The number of aliphatic hydroxyl groups is 1. The van der Waals surface area contributed by atoms with Crippen molar-refractivity contribution in [2.24, 2.45) is 5.92 Å². The quantitative estimate of drug-likeness (QED) is 0.350. The Morgan fingerprint density at radius 3 is 2.30 bits per heavy atom. The van der Waals surface area contributed by atoms with E-state index in [1.807, 2.05) is 61.7 Å². The first kappa shape index (κ1) is 28.5. The zero-order valence-electron chi connectivity index (χ0n) is 21.6. The molecule has 4 atom stereocenters. The van der Waals surface area contributed by atoms with Crippen LogP contribution in [0.15, 0.2) is 61.2 Å². The van der Waals surface area contributed by atoms with Gasteiger partial charge in [0.05, 0.1) is 18.8 Å². The molecule has 1 aliphatic heterocycles. The van der Waals surface area contributed by atoms with Crippen molar-refractivity contribution in [2.75, 3.05) is 20.1 Å². The van der Waals surface area contributed by atoms with Gasteiger partial charge in [0.15, 0.2) is 6.29 Å². The minimum absolute atomic E-state index is 0.00277. The maximum absolute atomic E-state index is 12.0. The third kappa shape index (κ3) is 8.50. The van der Waals surface area contributed by atoms with Crippen LogP contribution in [0.3, 0.4) is 0 Å². The third-order valence-corrected chi connectivity index (χ3v) is 6.59. The number of nitrogens with zero attached hydrogens (tertiary/aromatic N) is 1. The molecule has 0 unspecified atom stereocenters. The highest BCUT2D eigenvalue weighted by Crippen LogP contribution is 2.41. The van der Waals surface area contributed by atoms with Gasteiger partial charge in [0.25, 0.3) is 0 Å². The second kappa shape index (κ2) is 14.0. The number of aliphatic carboxylic acids is 1. The number of benzene rings is 2. The number of hydrogen-bond acceptors (Lipinski definition) is 6. The Bertz CT molecular complexity index is 1020. The second-order valence-electron chi connectivity index (χ2n) is 9.60. The summed E-state index contributed by atoms with van der Waals surface area (Å²) < 4.78 is 12.9. The number of aliphatic hydroxyl groups excluding tert-OH is 1. The van der Waals surface area contributed by atoms with Crippen LogP contribution in [0.2, 0.25) is 0 Å². The van der Waals surface area contributed by atoms with Crippen molar-refractivity contribution >= 4 is 11.9 Å². The fourth-order valence-electron chi connectivity index (χ4n) is 4.41. The monoisotopic (exact) mass is 510 g/mol. The Morgan fingerprint density at radius 2 is 1.68 bits per heavy atom. The molecule has 0 aliphatic carbocycles. The fraction of sp³-hybridized carbons (Fsp3) is 0.448. The molecule has 200 valence electrons. The molecule has 37 heavy (non-hydrogen) atoms. The lowest BCUT2D eigenvalue weighted by Crippen LogP contribution is -2.43. The van der Waals surface area contributed by atoms with Crippen LogP contribution >= 0.6 is 0 Å². The van der Waals surface area contributed by atoms with Crippen molar-refractivity contribution in [3.63, 3.8) is 0 Å². The van der Waals surface area contributed by atoms with Crippen LogP contribution in [0.5, 0.6) is 0 Å². The first-order chi connectivity index (χ1) is 17.8. The molecule has 8 nitrogen and oxygen atoms in total. The van der Waals surface area contributed by atoms with Gasteiger partial charge in [0.2, 0.25) is 5.91 Å². The van der Waals surface area contributed by atoms with E-state index in [2.05, 4.69) is 23.7 Å². The molecule has 0 radical (unpaired) electrons. The van der Waals surface area contributed by atoms with Crippen LogP contribution in [0.1, 0.15) is 60.8 Å². The summed E-state index contributed by atoms with van der Waals surface area (Å²) in [6.07, 6.45) is 1.56. The number of carbonyl (C=O) groups is 2. The van der Waals surface area contributed by atoms with Gasteiger partial charge in [-0.15, -0.1) is 6.58 Å². The van der Waals surface area contributed by atoms with E-state index in [1.54, 1.807) is 0 Å². The van der Waals surface area contributed by atoms with Gasteiger partial charge in [-0.1, -0.05) is 61.5 Å². The fourth-order valence-corrected chi connectivity index (χ4v) is 4.41. The van der Waals surface area contributed by atoms with E-state index in [0.29, 0.717) is 13.0 Å². The van der Waals surface area contributed by atoms with E-state index in [0.717, 1.165) is 35.3 Å². The van der Waals surface area contributed by atoms with Crippen molar-refractivity contribution in [3.05, 3.63) is 83.4 Å². The van der Waals surface area contributed by atoms with Crippen LogP contribution in [0, 0.1) is 5.92 Å². The zero-order valence-corrected chi connectivity index (χ0v) is 21.6. The van der Waals surface area contributed by atoms with E-state index >= 15 is 0 Å². The number of hydrogen-bond donors (Lipinski definition) is 3. The molecule has 3 N–H and O–H groups in total. The van der Waals surface area contributed by atoms with E-state index in [1.165, 1.54) is 0 Å². The topological polar surface area (TPSA) is 108 Å². The number of amides is 1. The van der Waals surface area contributed by atoms with Crippen LogP contribution in [0.25, 0.3) is 0 Å². The molecular weight excluding hydrogens is 472 g/mol. The first-order valence-electron chi connectivity index (χ1n) is 12.7. The molecule has 1 aliphatic rings. The molecule has 3 rings (SSSR count). The average Bonchev–Trinajstić information content (AvgIpc) is 2.89.